The molecule has 0 aliphatic carbocycles. The number of aromatic nitrogens is 1. The maximum absolute atomic E-state index is 11.7. The number of carbonyl (C=O) groups excluding carboxylic acids is 2. The Balaban J connectivity index is 2.88. The Morgan fingerprint density at radius 3 is 2.72 bits per heavy atom. The van der Waals surface area contributed by atoms with Gasteiger partial charge in [0, 0.05) is 18.0 Å². The number of hydrogen-bond donors (Lipinski definition) is 3. The molecule has 1 rings (SSSR count). The zero-order valence-electron chi connectivity index (χ0n) is 10.0. The van der Waals surface area contributed by atoms with E-state index in [4.69, 9.17) is 5.11 Å². The highest BCUT2D eigenvalue weighted by atomic mass is 16.5. The van der Waals surface area contributed by atoms with Crippen LogP contribution in [0.5, 0.6) is 0 Å². The van der Waals surface area contributed by atoms with E-state index in [1.54, 1.807) is 6.92 Å². The Hall–Kier alpha value is -2.15. The number of aliphatic hydroxyl groups excluding tert-OH is 1. The van der Waals surface area contributed by atoms with Crippen molar-refractivity contribution in [3.8, 4) is 0 Å². The van der Waals surface area contributed by atoms with Crippen LogP contribution in [-0.4, -0.2) is 41.7 Å². The van der Waals surface area contributed by atoms with Crippen LogP contribution < -0.4 is 10.7 Å². The first kappa shape index (κ1) is 13.9. The lowest BCUT2D eigenvalue weighted by Gasteiger charge is -2.13. The minimum absolute atomic E-state index is 0.136. The molecule has 1 aromatic rings. The lowest BCUT2D eigenvalue weighted by Crippen LogP contribution is -2.45. The highest BCUT2D eigenvalue weighted by Crippen LogP contribution is 1.95. The van der Waals surface area contributed by atoms with Crippen molar-refractivity contribution in [2.75, 3.05) is 13.7 Å². The molecule has 7 nitrogen and oxygen atoms in total. The number of aromatic amines is 1. The van der Waals surface area contributed by atoms with Gasteiger partial charge in [-0.25, -0.2) is 4.79 Å². The zero-order valence-corrected chi connectivity index (χ0v) is 10.0. The number of ether oxygens (including phenoxy) is 1. The maximum Gasteiger partial charge on any atom is 0.330 e. The van der Waals surface area contributed by atoms with E-state index in [9.17, 15) is 14.4 Å². The summed E-state index contributed by atoms with van der Waals surface area (Å²) < 4.78 is 4.39. The molecule has 0 aromatic carbocycles. The Kier molecular flexibility index (Phi) is 4.61. The van der Waals surface area contributed by atoms with Crippen molar-refractivity contribution in [1.29, 1.82) is 0 Å². The molecule has 0 bridgehead atoms. The number of esters is 1. The van der Waals surface area contributed by atoms with Gasteiger partial charge in [0.2, 0.25) is 0 Å². The first-order valence-corrected chi connectivity index (χ1v) is 5.18. The van der Waals surface area contributed by atoms with Crippen molar-refractivity contribution >= 4 is 11.9 Å². The average Bonchev–Trinajstić information content (AvgIpc) is 2.34. The molecule has 0 aliphatic rings. The lowest BCUT2D eigenvalue weighted by atomic mass is 10.2. The first-order valence-electron chi connectivity index (χ1n) is 5.18. The number of nitrogens with one attached hydrogen (secondary N) is 2. The van der Waals surface area contributed by atoms with Gasteiger partial charge in [-0.05, 0) is 6.92 Å². The molecule has 0 saturated carbocycles. The Morgan fingerprint density at radius 2 is 2.22 bits per heavy atom. The average molecular weight is 254 g/mol. The third kappa shape index (κ3) is 3.17. The van der Waals surface area contributed by atoms with E-state index in [-0.39, 0.29) is 5.56 Å². The second-order valence-electron chi connectivity index (χ2n) is 3.63. The van der Waals surface area contributed by atoms with E-state index in [1.807, 2.05) is 0 Å². The van der Waals surface area contributed by atoms with Crippen LogP contribution in [0.4, 0.5) is 0 Å². The monoisotopic (exact) mass is 254 g/mol. The van der Waals surface area contributed by atoms with Crippen molar-refractivity contribution < 1.29 is 19.4 Å². The molecule has 0 radical (unpaired) electrons. The van der Waals surface area contributed by atoms with E-state index in [0.29, 0.717) is 5.69 Å². The van der Waals surface area contributed by atoms with E-state index >= 15 is 0 Å². The van der Waals surface area contributed by atoms with Gasteiger partial charge < -0.3 is 20.1 Å². The number of hydrogen-bond acceptors (Lipinski definition) is 5. The quantitative estimate of drug-likeness (QED) is 0.594. The van der Waals surface area contributed by atoms with Crippen LogP contribution >= 0.6 is 0 Å². The van der Waals surface area contributed by atoms with Crippen LogP contribution in [0.15, 0.2) is 17.1 Å². The molecule has 98 valence electrons. The van der Waals surface area contributed by atoms with Crippen LogP contribution in [0.3, 0.4) is 0 Å². The molecule has 1 aromatic heterocycles. The van der Waals surface area contributed by atoms with E-state index < -0.39 is 30.0 Å². The third-order valence-corrected chi connectivity index (χ3v) is 2.28. The number of aliphatic hydroxyl groups is 1. The summed E-state index contributed by atoms with van der Waals surface area (Å²) in [5.41, 5.74) is 0.0106. The summed E-state index contributed by atoms with van der Waals surface area (Å²) >= 11 is 0. The topological polar surface area (TPSA) is 108 Å². The second kappa shape index (κ2) is 5.97. The summed E-state index contributed by atoms with van der Waals surface area (Å²) in [7, 11) is 1.13. The second-order valence-corrected chi connectivity index (χ2v) is 3.63. The van der Waals surface area contributed by atoms with Gasteiger partial charge in [0.15, 0.2) is 11.5 Å². The molecule has 1 heterocycles. The molecule has 1 amide bonds. The molecule has 1 atom stereocenters. The molecule has 0 aliphatic heterocycles. The van der Waals surface area contributed by atoms with Crippen LogP contribution in [0, 0.1) is 6.92 Å². The van der Waals surface area contributed by atoms with Gasteiger partial charge in [0.1, 0.15) is 5.56 Å². The summed E-state index contributed by atoms with van der Waals surface area (Å²) in [4.78, 5) is 37.1. The van der Waals surface area contributed by atoms with Gasteiger partial charge >= 0.3 is 5.97 Å². The standard InChI is InChI=1S/C11H14N2O5/c1-6-3-9(15)7(4-12-6)10(16)13-8(5-14)11(17)18-2/h3-4,8,14H,5H2,1-2H3,(H,12,15)(H,13,16)/t8-/m0/s1. The number of rotatable bonds is 4. The summed E-state index contributed by atoms with van der Waals surface area (Å²) in [6.07, 6.45) is 1.25. The number of carbonyl (C=O) groups is 2. The summed E-state index contributed by atoms with van der Waals surface area (Å²) in [5.74, 6) is -1.53. The van der Waals surface area contributed by atoms with Crippen LogP contribution in [-0.2, 0) is 9.53 Å². The smallest absolute Gasteiger partial charge is 0.330 e. The molecular weight excluding hydrogens is 240 g/mol. The number of aryl methyl sites for hydroxylation is 1. The van der Waals surface area contributed by atoms with Gasteiger partial charge in [-0.2, -0.15) is 0 Å². The van der Waals surface area contributed by atoms with Gasteiger partial charge in [0.05, 0.1) is 13.7 Å². The number of amides is 1. The first-order chi connectivity index (χ1) is 8.49. The molecule has 0 saturated heterocycles. The van der Waals surface area contributed by atoms with Gasteiger partial charge in [-0.3, -0.25) is 9.59 Å². The Bertz CT molecular complexity index is 508. The molecule has 0 spiro atoms. The van der Waals surface area contributed by atoms with Gasteiger partial charge in [-0.15, -0.1) is 0 Å². The van der Waals surface area contributed by atoms with Crippen molar-refractivity contribution in [2.45, 2.75) is 13.0 Å². The van der Waals surface area contributed by atoms with Gasteiger partial charge in [-0.1, -0.05) is 0 Å². The molecule has 18 heavy (non-hydrogen) atoms. The Morgan fingerprint density at radius 1 is 1.56 bits per heavy atom. The predicted molar refractivity (Wildman–Crippen MR) is 62.2 cm³/mol. The fourth-order valence-corrected chi connectivity index (χ4v) is 1.31. The SMILES string of the molecule is COC(=O)[C@H](CO)NC(=O)c1c[nH]c(C)cc1=O. The van der Waals surface area contributed by atoms with E-state index in [1.165, 1.54) is 12.3 Å². The van der Waals surface area contributed by atoms with Gasteiger partial charge in [0.25, 0.3) is 5.91 Å². The van der Waals surface area contributed by atoms with Crippen molar-refractivity contribution in [2.24, 2.45) is 0 Å². The highest BCUT2D eigenvalue weighted by Gasteiger charge is 2.22. The molecule has 0 fully saturated rings. The molecule has 0 unspecified atom stereocenters. The number of pyridine rings is 1. The zero-order chi connectivity index (χ0) is 13.7. The Labute approximate surface area is 103 Å². The van der Waals surface area contributed by atoms with Crippen molar-refractivity contribution in [3.63, 3.8) is 0 Å². The normalized spacial score (nSPS) is 11.7. The minimum atomic E-state index is -1.19. The summed E-state index contributed by atoms with van der Waals surface area (Å²) in [5, 5.41) is 11.1. The van der Waals surface area contributed by atoms with Crippen LogP contribution in [0.2, 0.25) is 0 Å². The van der Waals surface area contributed by atoms with Crippen LogP contribution in [0.1, 0.15) is 16.1 Å². The predicted octanol–water partition coefficient (Wildman–Crippen LogP) is -1.05. The summed E-state index contributed by atoms with van der Waals surface area (Å²) in [6.45, 7) is 1.07. The van der Waals surface area contributed by atoms with Crippen molar-refractivity contribution in [3.05, 3.63) is 33.7 Å². The van der Waals surface area contributed by atoms with Crippen molar-refractivity contribution in [1.82, 2.24) is 10.3 Å². The molecule has 3 N–H and O–H groups in total. The lowest BCUT2D eigenvalue weighted by molar-refractivity contribution is -0.143. The fraction of sp³-hybridized carbons (Fsp3) is 0.364. The minimum Gasteiger partial charge on any atom is -0.467 e. The highest BCUT2D eigenvalue weighted by molar-refractivity contribution is 5.96. The largest absolute Gasteiger partial charge is 0.467 e. The van der Waals surface area contributed by atoms with E-state index in [2.05, 4.69) is 15.0 Å². The number of H-pyrrole nitrogens is 1. The number of methoxy groups -OCH3 is 1. The van der Waals surface area contributed by atoms with E-state index in [0.717, 1.165) is 7.11 Å². The molecule has 7 heteroatoms. The molecular formula is C11H14N2O5. The maximum atomic E-state index is 11.7. The van der Waals surface area contributed by atoms with Crippen LogP contribution in [0.25, 0.3) is 0 Å². The fourth-order valence-electron chi connectivity index (χ4n) is 1.31. The third-order valence-electron chi connectivity index (χ3n) is 2.28. The summed E-state index contributed by atoms with van der Waals surface area (Å²) in [6, 6.07) is 0.0734.